The Hall–Kier alpha value is -2.94. The average Bonchev–Trinajstić information content (AvgIpc) is 2.74. The number of aliphatic hydroxyl groups excluding tert-OH is 1. The van der Waals surface area contributed by atoms with Gasteiger partial charge in [-0.2, -0.15) is 0 Å². The lowest BCUT2D eigenvalue weighted by Crippen LogP contribution is -2.51. The van der Waals surface area contributed by atoms with E-state index in [0.717, 1.165) is 5.56 Å². The predicted octanol–water partition coefficient (Wildman–Crippen LogP) is 0.842. The number of amides is 2. The first-order valence-electron chi connectivity index (χ1n) is 9.92. The van der Waals surface area contributed by atoms with E-state index in [1.54, 1.807) is 9.80 Å². The van der Waals surface area contributed by atoms with Crippen LogP contribution in [0.3, 0.4) is 0 Å². The van der Waals surface area contributed by atoms with Crippen molar-refractivity contribution in [3.8, 4) is 0 Å². The van der Waals surface area contributed by atoms with Crippen molar-refractivity contribution < 1.29 is 34.5 Å². The maximum absolute atomic E-state index is 12.8. The van der Waals surface area contributed by atoms with E-state index in [2.05, 4.69) is 0 Å². The highest BCUT2D eigenvalue weighted by atomic mass is 16.4. The van der Waals surface area contributed by atoms with Gasteiger partial charge < -0.3 is 25.1 Å². The Kier molecular flexibility index (Phi) is 8.35. The minimum absolute atomic E-state index is 0.00830. The molecule has 3 rings (SSSR count). The van der Waals surface area contributed by atoms with Crippen LogP contribution in [-0.2, 0) is 14.4 Å². The summed E-state index contributed by atoms with van der Waals surface area (Å²) < 4.78 is 0. The van der Waals surface area contributed by atoms with E-state index in [9.17, 15) is 24.6 Å². The number of likely N-dealkylation sites (tertiary alicyclic amines) is 2. The number of hydrogen-bond donors (Lipinski definition) is 3. The SMILES string of the molecule is Cc1ccccc1C(=O)N1CCC(C(=O)N2CC[C@@H](O)[C@H](C(=O)O)C2)CC1.O=CO. The molecule has 2 fully saturated rings. The highest BCUT2D eigenvalue weighted by molar-refractivity contribution is 5.95. The summed E-state index contributed by atoms with van der Waals surface area (Å²) in [6.45, 7) is 3.13. The molecule has 2 atom stereocenters. The van der Waals surface area contributed by atoms with E-state index in [-0.39, 0.29) is 37.2 Å². The maximum Gasteiger partial charge on any atom is 0.310 e. The molecule has 164 valence electrons. The Morgan fingerprint density at radius 3 is 2.17 bits per heavy atom. The lowest BCUT2D eigenvalue weighted by atomic mass is 9.90. The van der Waals surface area contributed by atoms with Gasteiger partial charge in [0, 0.05) is 37.7 Å². The van der Waals surface area contributed by atoms with Gasteiger partial charge in [0.15, 0.2) is 0 Å². The number of hydrogen-bond acceptors (Lipinski definition) is 5. The van der Waals surface area contributed by atoms with Gasteiger partial charge in [0.05, 0.1) is 6.10 Å². The summed E-state index contributed by atoms with van der Waals surface area (Å²) in [5.41, 5.74) is 1.63. The number of carbonyl (C=O) groups is 4. The third-order valence-corrected chi connectivity index (χ3v) is 5.71. The van der Waals surface area contributed by atoms with Gasteiger partial charge in [0.2, 0.25) is 5.91 Å². The molecule has 0 bridgehead atoms. The summed E-state index contributed by atoms with van der Waals surface area (Å²) in [7, 11) is 0. The molecule has 0 aliphatic carbocycles. The van der Waals surface area contributed by atoms with Crippen molar-refractivity contribution >= 4 is 24.3 Å². The first kappa shape index (κ1) is 23.3. The zero-order valence-corrected chi connectivity index (χ0v) is 16.9. The Balaban J connectivity index is 0.00000101. The fraction of sp³-hybridized carbons (Fsp3) is 0.524. The summed E-state index contributed by atoms with van der Waals surface area (Å²) in [6, 6.07) is 7.48. The normalized spacial score (nSPS) is 21.9. The number of carbonyl (C=O) groups excluding carboxylic acids is 2. The molecule has 1 aromatic carbocycles. The Morgan fingerprint density at radius 1 is 1.03 bits per heavy atom. The molecule has 0 spiro atoms. The Bertz CT molecular complexity index is 774. The van der Waals surface area contributed by atoms with Gasteiger partial charge in [-0.1, -0.05) is 18.2 Å². The molecule has 0 unspecified atom stereocenters. The molecule has 2 aliphatic rings. The number of rotatable bonds is 3. The zero-order chi connectivity index (χ0) is 22.3. The minimum Gasteiger partial charge on any atom is -0.483 e. The van der Waals surface area contributed by atoms with E-state index in [1.165, 1.54) is 0 Å². The average molecular weight is 420 g/mol. The molecule has 2 heterocycles. The first-order valence-corrected chi connectivity index (χ1v) is 9.92. The van der Waals surface area contributed by atoms with Crippen LogP contribution in [0, 0.1) is 18.8 Å². The van der Waals surface area contributed by atoms with Gasteiger partial charge in [-0.15, -0.1) is 0 Å². The highest BCUT2D eigenvalue weighted by Gasteiger charge is 2.38. The summed E-state index contributed by atoms with van der Waals surface area (Å²) in [5, 5.41) is 25.9. The van der Waals surface area contributed by atoms with Gasteiger partial charge in [-0.25, -0.2) is 0 Å². The predicted molar refractivity (Wildman–Crippen MR) is 107 cm³/mol. The van der Waals surface area contributed by atoms with Crippen LogP contribution in [0.15, 0.2) is 24.3 Å². The van der Waals surface area contributed by atoms with Crippen LogP contribution < -0.4 is 0 Å². The second kappa shape index (κ2) is 10.7. The van der Waals surface area contributed by atoms with Crippen molar-refractivity contribution in [3.05, 3.63) is 35.4 Å². The van der Waals surface area contributed by atoms with Crippen LogP contribution in [0.1, 0.15) is 35.2 Å². The molecule has 2 amide bonds. The van der Waals surface area contributed by atoms with Gasteiger partial charge in [0.1, 0.15) is 5.92 Å². The molecular weight excluding hydrogens is 392 g/mol. The first-order chi connectivity index (χ1) is 14.3. The molecule has 9 heteroatoms. The van der Waals surface area contributed by atoms with Crippen molar-refractivity contribution in [3.63, 3.8) is 0 Å². The molecule has 2 aliphatic heterocycles. The van der Waals surface area contributed by atoms with E-state index in [0.29, 0.717) is 38.0 Å². The third kappa shape index (κ3) is 5.56. The molecule has 2 saturated heterocycles. The summed E-state index contributed by atoms with van der Waals surface area (Å²) >= 11 is 0. The molecule has 9 nitrogen and oxygen atoms in total. The number of carboxylic acid groups (broad SMARTS) is 2. The number of aliphatic hydroxyl groups is 1. The maximum atomic E-state index is 12.8. The standard InChI is InChI=1S/C20H26N2O5.CH2O2/c1-13-4-2-3-5-15(13)19(25)21-9-6-14(7-10-21)18(24)22-11-8-17(23)16(12-22)20(26)27;2-1-3/h2-5,14,16-17,23H,6-12H2,1H3,(H,26,27);1H,(H,2,3)/t16-,17-;/m1./s1. The van der Waals surface area contributed by atoms with Crippen molar-refractivity contribution in [1.29, 1.82) is 0 Å². The molecule has 0 radical (unpaired) electrons. The van der Waals surface area contributed by atoms with E-state index in [1.807, 2.05) is 31.2 Å². The fourth-order valence-corrected chi connectivity index (χ4v) is 3.95. The number of benzene rings is 1. The molecule has 0 aromatic heterocycles. The Labute approximate surface area is 174 Å². The van der Waals surface area contributed by atoms with E-state index < -0.39 is 18.0 Å². The molecule has 0 saturated carbocycles. The molecule has 3 N–H and O–H groups in total. The molecule has 30 heavy (non-hydrogen) atoms. The van der Waals surface area contributed by atoms with Crippen LogP contribution in [-0.4, -0.2) is 81.7 Å². The van der Waals surface area contributed by atoms with Crippen LogP contribution in [0.4, 0.5) is 0 Å². The Morgan fingerprint density at radius 2 is 1.60 bits per heavy atom. The van der Waals surface area contributed by atoms with Gasteiger partial charge in [-0.3, -0.25) is 19.2 Å². The minimum atomic E-state index is -1.07. The number of aryl methyl sites for hydroxylation is 1. The van der Waals surface area contributed by atoms with Crippen molar-refractivity contribution in [2.45, 2.75) is 32.3 Å². The molecular formula is C21H28N2O7. The summed E-state index contributed by atoms with van der Waals surface area (Å²) in [4.78, 5) is 48.4. The van der Waals surface area contributed by atoms with Crippen LogP contribution in [0.25, 0.3) is 0 Å². The monoisotopic (exact) mass is 420 g/mol. The lowest BCUT2D eigenvalue weighted by Gasteiger charge is -2.38. The number of piperidine rings is 2. The van der Waals surface area contributed by atoms with Crippen LogP contribution >= 0.6 is 0 Å². The number of carboxylic acids is 1. The van der Waals surface area contributed by atoms with Crippen LogP contribution in [0.2, 0.25) is 0 Å². The zero-order valence-electron chi connectivity index (χ0n) is 16.9. The second-order valence-corrected chi connectivity index (χ2v) is 7.57. The van der Waals surface area contributed by atoms with Gasteiger partial charge in [-0.05, 0) is 37.8 Å². The second-order valence-electron chi connectivity index (χ2n) is 7.57. The van der Waals surface area contributed by atoms with Crippen molar-refractivity contribution in [1.82, 2.24) is 9.80 Å². The van der Waals surface area contributed by atoms with Crippen molar-refractivity contribution in [2.24, 2.45) is 11.8 Å². The van der Waals surface area contributed by atoms with Crippen molar-refractivity contribution in [2.75, 3.05) is 26.2 Å². The van der Waals surface area contributed by atoms with E-state index >= 15 is 0 Å². The molecule has 1 aromatic rings. The van der Waals surface area contributed by atoms with Gasteiger partial charge in [0.25, 0.3) is 12.4 Å². The lowest BCUT2D eigenvalue weighted by molar-refractivity contribution is -0.153. The smallest absolute Gasteiger partial charge is 0.310 e. The number of aliphatic carboxylic acids is 1. The summed E-state index contributed by atoms with van der Waals surface area (Å²) in [5.74, 6) is -2.26. The van der Waals surface area contributed by atoms with Crippen LogP contribution in [0.5, 0.6) is 0 Å². The highest BCUT2D eigenvalue weighted by Crippen LogP contribution is 2.25. The van der Waals surface area contributed by atoms with Gasteiger partial charge >= 0.3 is 5.97 Å². The quantitative estimate of drug-likeness (QED) is 0.617. The third-order valence-electron chi connectivity index (χ3n) is 5.71. The van der Waals surface area contributed by atoms with E-state index in [4.69, 9.17) is 9.90 Å². The number of nitrogens with zero attached hydrogens (tertiary/aromatic N) is 2. The fourth-order valence-electron chi connectivity index (χ4n) is 3.95. The summed E-state index contributed by atoms with van der Waals surface area (Å²) in [6.07, 6.45) is 0.536. The largest absolute Gasteiger partial charge is 0.483 e. The topological polar surface area (TPSA) is 135 Å².